The first-order valence-corrected chi connectivity index (χ1v) is 9.82. The lowest BCUT2D eigenvalue weighted by molar-refractivity contribution is 0.533. The Morgan fingerprint density at radius 2 is 0.905 bits per heavy atom. The summed E-state index contributed by atoms with van der Waals surface area (Å²) in [5, 5.41) is 3.59. The lowest BCUT2D eigenvalue weighted by Gasteiger charge is -2.05. The molecule has 0 aliphatic carbocycles. The molecule has 3 N–H and O–H groups in total. The fraction of sp³-hybridized carbons (Fsp3) is 1.00. The van der Waals surface area contributed by atoms with Crippen molar-refractivity contribution < 1.29 is 0 Å². The quantitative estimate of drug-likeness (QED) is 0.332. The van der Waals surface area contributed by atoms with Gasteiger partial charge in [-0.2, -0.15) is 0 Å². The molecule has 0 atom stereocenters. The van der Waals surface area contributed by atoms with Gasteiger partial charge in [-0.1, -0.05) is 84.0 Å². The molecule has 21 heavy (non-hydrogen) atoms. The van der Waals surface area contributed by atoms with Crippen LogP contribution in [0.15, 0.2) is 0 Å². The van der Waals surface area contributed by atoms with Gasteiger partial charge >= 0.3 is 0 Å². The lowest BCUT2D eigenvalue weighted by Crippen LogP contribution is -2.16. The number of hydrogen-bond donors (Lipinski definition) is 2. The van der Waals surface area contributed by atoms with Crippen molar-refractivity contribution in [1.29, 1.82) is 0 Å². The normalized spacial score (nSPS) is 11.1. The van der Waals surface area contributed by atoms with Crippen LogP contribution in [0.2, 0.25) is 0 Å². The van der Waals surface area contributed by atoms with Crippen molar-refractivity contribution in [1.82, 2.24) is 5.32 Å². The Hall–Kier alpha value is -0.0800. The van der Waals surface area contributed by atoms with Gasteiger partial charge in [-0.3, -0.25) is 0 Å². The van der Waals surface area contributed by atoms with E-state index in [4.69, 9.17) is 5.73 Å². The van der Waals surface area contributed by atoms with Gasteiger partial charge in [0.25, 0.3) is 0 Å². The van der Waals surface area contributed by atoms with Crippen LogP contribution in [0, 0.1) is 0 Å². The summed E-state index contributed by atoms with van der Waals surface area (Å²) in [4.78, 5) is 0. The Balaban J connectivity index is 2.90. The summed E-state index contributed by atoms with van der Waals surface area (Å²) in [5.41, 5.74) is 5.49. The van der Waals surface area contributed by atoms with Crippen molar-refractivity contribution >= 4 is 0 Å². The lowest BCUT2D eigenvalue weighted by atomic mass is 10.1. The van der Waals surface area contributed by atoms with Gasteiger partial charge in [-0.25, -0.2) is 0 Å². The number of rotatable bonds is 18. The first kappa shape index (κ1) is 20.9. The summed E-state index contributed by atoms with van der Waals surface area (Å²) in [6, 6.07) is 0. The smallest absolute Gasteiger partial charge is 0.00489 e. The molecule has 2 heteroatoms. The Labute approximate surface area is 134 Å². The molecule has 0 spiro atoms. The van der Waals surface area contributed by atoms with Crippen molar-refractivity contribution in [3.63, 3.8) is 0 Å². The van der Waals surface area contributed by atoms with Gasteiger partial charge in [-0.05, 0) is 38.9 Å². The highest BCUT2D eigenvalue weighted by Crippen LogP contribution is 2.09. The topological polar surface area (TPSA) is 38.0 Å². The third-order valence-electron chi connectivity index (χ3n) is 4.26. The second-order valence-corrected chi connectivity index (χ2v) is 6.49. The molecule has 0 radical (unpaired) electrons. The molecule has 128 valence electrons. The van der Waals surface area contributed by atoms with Crippen LogP contribution in [0.1, 0.15) is 103 Å². The van der Waals surface area contributed by atoms with Crippen molar-refractivity contribution in [3.8, 4) is 0 Å². The van der Waals surface area contributed by atoms with Gasteiger partial charge in [0.05, 0.1) is 0 Å². The van der Waals surface area contributed by atoms with Gasteiger partial charge in [0, 0.05) is 0 Å². The Kier molecular flexibility index (Phi) is 19.8. The van der Waals surface area contributed by atoms with Crippen molar-refractivity contribution in [2.75, 3.05) is 19.6 Å². The predicted octanol–water partition coefficient (Wildman–Crippen LogP) is 5.41. The van der Waals surface area contributed by atoms with Crippen LogP contribution in [0.3, 0.4) is 0 Å². The average Bonchev–Trinajstić information content (AvgIpc) is 2.50. The van der Waals surface area contributed by atoms with E-state index in [-0.39, 0.29) is 0 Å². The minimum atomic E-state index is 0.867. The zero-order valence-corrected chi connectivity index (χ0v) is 14.8. The van der Waals surface area contributed by atoms with Gasteiger partial charge in [0.1, 0.15) is 0 Å². The van der Waals surface area contributed by atoms with Gasteiger partial charge in [-0.15, -0.1) is 0 Å². The number of unbranched alkanes of at least 4 members (excludes halogenated alkanes) is 13. The highest BCUT2D eigenvalue weighted by molar-refractivity contribution is 4.52. The molecule has 0 unspecified atom stereocenters. The van der Waals surface area contributed by atoms with Crippen molar-refractivity contribution in [3.05, 3.63) is 0 Å². The zero-order chi connectivity index (χ0) is 15.4. The van der Waals surface area contributed by atoms with Crippen LogP contribution < -0.4 is 11.1 Å². The van der Waals surface area contributed by atoms with Crippen molar-refractivity contribution in [2.45, 2.75) is 103 Å². The maximum Gasteiger partial charge on any atom is -0.00489 e. The fourth-order valence-corrected chi connectivity index (χ4v) is 2.79. The molecule has 2 nitrogen and oxygen atoms in total. The number of hydrogen-bond acceptors (Lipinski definition) is 2. The first-order valence-electron chi connectivity index (χ1n) is 9.82. The summed E-state index contributed by atoms with van der Waals surface area (Å²) >= 11 is 0. The minimum Gasteiger partial charge on any atom is -0.330 e. The molecule has 0 saturated heterocycles. The Morgan fingerprint density at radius 1 is 0.524 bits per heavy atom. The van der Waals surface area contributed by atoms with E-state index < -0.39 is 0 Å². The molecule has 0 aromatic carbocycles. The summed E-state index contributed by atoms with van der Waals surface area (Å²) in [7, 11) is 0. The third kappa shape index (κ3) is 19.9. The molecule has 0 amide bonds. The fourth-order valence-electron chi connectivity index (χ4n) is 2.79. The molecule has 0 aliphatic rings. The van der Waals surface area contributed by atoms with Crippen LogP contribution in [-0.2, 0) is 0 Å². The van der Waals surface area contributed by atoms with E-state index in [9.17, 15) is 0 Å². The van der Waals surface area contributed by atoms with Crippen LogP contribution in [0.5, 0.6) is 0 Å². The van der Waals surface area contributed by atoms with Gasteiger partial charge in [0.2, 0.25) is 0 Å². The standard InChI is InChI=1S/C19H42N2/c1-2-3-4-5-12-15-18-21-19-16-13-10-8-6-7-9-11-14-17-20/h21H,2-20H2,1H3. The summed E-state index contributed by atoms with van der Waals surface area (Å²) in [6.45, 7) is 5.61. The van der Waals surface area contributed by atoms with E-state index in [2.05, 4.69) is 12.2 Å². The second-order valence-electron chi connectivity index (χ2n) is 6.49. The maximum absolute atomic E-state index is 5.49. The van der Waals surface area contributed by atoms with E-state index >= 15 is 0 Å². The highest BCUT2D eigenvalue weighted by atomic mass is 14.8. The number of nitrogens with two attached hydrogens (primary N) is 1. The van der Waals surface area contributed by atoms with Crippen molar-refractivity contribution in [2.24, 2.45) is 5.73 Å². The molecule has 0 heterocycles. The molecular formula is C19H42N2. The number of nitrogens with one attached hydrogen (secondary N) is 1. The van der Waals surface area contributed by atoms with Crippen LogP contribution in [0.4, 0.5) is 0 Å². The Bertz CT molecular complexity index is 153. The van der Waals surface area contributed by atoms with Crippen LogP contribution in [0.25, 0.3) is 0 Å². The van der Waals surface area contributed by atoms with Gasteiger partial charge < -0.3 is 11.1 Å². The predicted molar refractivity (Wildman–Crippen MR) is 96.9 cm³/mol. The summed E-state index contributed by atoms with van der Waals surface area (Å²) < 4.78 is 0. The SMILES string of the molecule is CCCCCCCCNCCCCCCCCCCCN. The minimum absolute atomic E-state index is 0.867. The van der Waals surface area contributed by atoms with Crippen LogP contribution >= 0.6 is 0 Å². The van der Waals surface area contributed by atoms with Crippen LogP contribution in [-0.4, -0.2) is 19.6 Å². The highest BCUT2D eigenvalue weighted by Gasteiger charge is 1.93. The zero-order valence-electron chi connectivity index (χ0n) is 14.8. The van der Waals surface area contributed by atoms with E-state index in [1.807, 2.05) is 0 Å². The molecule has 0 aromatic heterocycles. The van der Waals surface area contributed by atoms with E-state index in [1.54, 1.807) is 0 Å². The largest absolute Gasteiger partial charge is 0.330 e. The van der Waals surface area contributed by atoms with Gasteiger partial charge in [0.15, 0.2) is 0 Å². The summed E-state index contributed by atoms with van der Waals surface area (Å²) in [6.07, 6.45) is 20.8. The molecular weight excluding hydrogens is 256 g/mol. The maximum atomic E-state index is 5.49. The molecule has 0 rings (SSSR count). The summed E-state index contributed by atoms with van der Waals surface area (Å²) in [5.74, 6) is 0. The Morgan fingerprint density at radius 3 is 1.33 bits per heavy atom. The molecule has 0 saturated carbocycles. The molecule has 0 fully saturated rings. The third-order valence-corrected chi connectivity index (χ3v) is 4.26. The first-order chi connectivity index (χ1) is 10.4. The molecule has 0 bridgehead atoms. The second kappa shape index (κ2) is 19.9. The van der Waals surface area contributed by atoms with E-state index in [1.165, 1.54) is 109 Å². The molecule has 0 aliphatic heterocycles. The monoisotopic (exact) mass is 298 g/mol. The average molecular weight is 299 g/mol. The van der Waals surface area contributed by atoms with E-state index in [0.717, 1.165) is 6.54 Å². The molecule has 0 aromatic rings. The van der Waals surface area contributed by atoms with E-state index in [0.29, 0.717) is 0 Å².